The third kappa shape index (κ3) is 4.58. The third-order valence-electron chi connectivity index (χ3n) is 6.02. The molecular weight excluding hydrogens is 396 g/mol. The average molecular weight is 425 g/mol. The maximum Gasteiger partial charge on any atom is 0.162 e. The molecule has 0 unspecified atom stereocenters. The van der Waals surface area contributed by atoms with Crippen molar-refractivity contribution in [2.24, 2.45) is 0 Å². The van der Waals surface area contributed by atoms with Crippen molar-refractivity contribution in [3.05, 3.63) is 78.4 Å². The predicted molar refractivity (Wildman–Crippen MR) is 130 cm³/mol. The van der Waals surface area contributed by atoms with E-state index in [0.717, 1.165) is 40.3 Å². The van der Waals surface area contributed by atoms with Crippen LogP contribution in [0.3, 0.4) is 0 Å². The van der Waals surface area contributed by atoms with E-state index in [0.29, 0.717) is 5.82 Å². The standard InChI is InChI=1S/C27H28N4O/c1-32-23-15-11-21(12-16-23)26-29-25-8-4-3-7-24(25)27(30-26)28-22-13-9-20(10-14-22)19-31-17-5-2-6-18-31/h3-4,7-16H,2,5-6,17-19H2,1H3,(H,28,29,30). The van der Waals surface area contributed by atoms with Gasteiger partial charge in [-0.05, 0) is 80.0 Å². The third-order valence-corrected chi connectivity index (χ3v) is 6.02. The lowest BCUT2D eigenvalue weighted by atomic mass is 10.1. The fraction of sp³-hybridized carbons (Fsp3) is 0.259. The fourth-order valence-corrected chi connectivity index (χ4v) is 4.25. The number of nitrogens with one attached hydrogen (secondary N) is 1. The van der Waals surface area contributed by atoms with Crippen molar-refractivity contribution in [1.29, 1.82) is 0 Å². The zero-order chi connectivity index (χ0) is 21.8. The summed E-state index contributed by atoms with van der Waals surface area (Å²) in [4.78, 5) is 12.2. The summed E-state index contributed by atoms with van der Waals surface area (Å²) in [5.41, 5.74) is 4.25. The Hall–Kier alpha value is -3.44. The number of methoxy groups -OCH3 is 1. The molecule has 1 aromatic heterocycles. The van der Waals surface area contributed by atoms with Crippen LogP contribution in [0.15, 0.2) is 72.8 Å². The minimum absolute atomic E-state index is 0.690. The monoisotopic (exact) mass is 424 g/mol. The Morgan fingerprint density at radius 2 is 1.59 bits per heavy atom. The zero-order valence-electron chi connectivity index (χ0n) is 18.4. The van der Waals surface area contributed by atoms with Gasteiger partial charge in [-0.3, -0.25) is 4.90 Å². The summed E-state index contributed by atoms with van der Waals surface area (Å²) in [7, 11) is 1.67. The zero-order valence-corrected chi connectivity index (χ0v) is 18.4. The predicted octanol–water partition coefficient (Wildman–Crippen LogP) is 6.03. The van der Waals surface area contributed by atoms with Crippen molar-refractivity contribution in [3.8, 4) is 17.1 Å². The molecule has 0 saturated carbocycles. The van der Waals surface area contributed by atoms with Crippen LogP contribution in [0.5, 0.6) is 5.75 Å². The number of rotatable bonds is 6. The molecule has 3 aromatic carbocycles. The second-order valence-electron chi connectivity index (χ2n) is 8.30. The topological polar surface area (TPSA) is 50.3 Å². The highest BCUT2D eigenvalue weighted by Crippen LogP contribution is 2.28. The van der Waals surface area contributed by atoms with E-state index in [1.807, 2.05) is 42.5 Å². The lowest BCUT2D eigenvalue weighted by molar-refractivity contribution is 0.221. The van der Waals surface area contributed by atoms with E-state index in [2.05, 4.69) is 40.5 Å². The number of ether oxygens (including phenoxy) is 1. The highest BCUT2D eigenvalue weighted by Gasteiger charge is 2.12. The Balaban J connectivity index is 1.41. The van der Waals surface area contributed by atoms with Gasteiger partial charge in [0.15, 0.2) is 5.82 Å². The first-order chi connectivity index (χ1) is 15.8. The molecule has 5 rings (SSSR count). The smallest absolute Gasteiger partial charge is 0.162 e. The van der Waals surface area contributed by atoms with Crippen LogP contribution in [-0.4, -0.2) is 35.1 Å². The van der Waals surface area contributed by atoms with Crippen LogP contribution in [0.4, 0.5) is 11.5 Å². The van der Waals surface area contributed by atoms with Gasteiger partial charge in [0.05, 0.1) is 12.6 Å². The van der Waals surface area contributed by atoms with Crippen LogP contribution in [0, 0.1) is 0 Å². The number of hydrogen-bond donors (Lipinski definition) is 1. The van der Waals surface area contributed by atoms with Gasteiger partial charge < -0.3 is 10.1 Å². The van der Waals surface area contributed by atoms with Crippen molar-refractivity contribution in [3.63, 3.8) is 0 Å². The van der Waals surface area contributed by atoms with E-state index in [4.69, 9.17) is 14.7 Å². The van der Waals surface area contributed by atoms with Gasteiger partial charge in [-0.15, -0.1) is 0 Å². The van der Waals surface area contributed by atoms with Crippen LogP contribution in [-0.2, 0) is 6.54 Å². The summed E-state index contributed by atoms with van der Waals surface area (Å²) in [6, 6.07) is 24.7. The molecule has 5 nitrogen and oxygen atoms in total. The van der Waals surface area contributed by atoms with Crippen LogP contribution in [0.25, 0.3) is 22.3 Å². The summed E-state index contributed by atoms with van der Waals surface area (Å²) in [6.45, 7) is 3.44. The molecule has 0 atom stereocenters. The van der Waals surface area contributed by atoms with Crippen molar-refractivity contribution in [2.45, 2.75) is 25.8 Å². The lowest BCUT2D eigenvalue weighted by Crippen LogP contribution is -2.29. The highest BCUT2D eigenvalue weighted by molar-refractivity contribution is 5.92. The molecule has 162 valence electrons. The lowest BCUT2D eigenvalue weighted by Gasteiger charge is -2.26. The number of benzene rings is 3. The van der Waals surface area contributed by atoms with Gasteiger partial charge >= 0.3 is 0 Å². The SMILES string of the molecule is COc1ccc(-c2nc(Nc3ccc(CN4CCCCC4)cc3)c3ccccc3n2)cc1. The number of hydrogen-bond acceptors (Lipinski definition) is 5. The number of aromatic nitrogens is 2. The van der Waals surface area contributed by atoms with E-state index in [1.165, 1.54) is 37.9 Å². The fourth-order valence-electron chi connectivity index (χ4n) is 4.25. The van der Waals surface area contributed by atoms with Crippen LogP contribution >= 0.6 is 0 Å². The van der Waals surface area contributed by atoms with E-state index in [-0.39, 0.29) is 0 Å². The Labute approximate surface area is 189 Å². The summed E-state index contributed by atoms with van der Waals surface area (Å²) < 4.78 is 5.28. The van der Waals surface area contributed by atoms with Gasteiger partial charge in [0.2, 0.25) is 0 Å². The number of fused-ring (bicyclic) bond motifs is 1. The van der Waals surface area contributed by atoms with Crippen molar-refractivity contribution < 1.29 is 4.74 Å². The van der Waals surface area contributed by atoms with E-state index in [1.54, 1.807) is 7.11 Å². The maximum atomic E-state index is 5.28. The Bertz CT molecular complexity index is 1180. The normalized spacial score (nSPS) is 14.4. The molecule has 0 aliphatic carbocycles. The van der Waals surface area contributed by atoms with E-state index in [9.17, 15) is 0 Å². The van der Waals surface area contributed by atoms with Gasteiger partial charge in [0.1, 0.15) is 11.6 Å². The first kappa shape index (κ1) is 20.5. The van der Waals surface area contributed by atoms with Gasteiger partial charge in [0, 0.05) is 23.2 Å². The quantitative estimate of drug-likeness (QED) is 0.409. The Morgan fingerprint density at radius 1 is 0.844 bits per heavy atom. The summed E-state index contributed by atoms with van der Waals surface area (Å²) >= 11 is 0. The number of para-hydroxylation sites is 1. The molecule has 1 N–H and O–H groups in total. The molecule has 4 aromatic rings. The number of anilines is 2. The minimum Gasteiger partial charge on any atom is -0.497 e. The summed E-state index contributed by atoms with van der Waals surface area (Å²) in [5.74, 6) is 2.32. The van der Waals surface area contributed by atoms with Gasteiger partial charge in [-0.2, -0.15) is 0 Å². The van der Waals surface area contributed by atoms with Crippen LogP contribution in [0.2, 0.25) is 0 Å². The molecule has 0 spiro atoms. The van der Waals surface area contributed by atoms with Crippen LogP contribution in [0.1, 0.15) is 24.8 Å². The van der Waals surface area contributed by atoms with Crippen molar-refractivity contribution in [2.75, 3.05) is 25.5 Å². The van der Waals surface area contributed by atoms with Gasteiger partial charge in [-0.25, -0.2) is 9.97 Å². The maximum absolute atomic E-state index is 5.28. The number of likely N-dealkylation sites (tertiary alicyclic amines) is 1. The molecule has 32 heavy (non-hydrogen) atoms. The Kier molecular flexibility index (Phi) is 5.99. The molecule has 1 aliphatic heterocycles. The second-order valence-corrected chi connectivity index (χ2v) is 8.30. The first-order valence-corrected chi connectivity index (χ1v) is 11.3. The number of nitrogens with zero attached hydrogens (tertiary/aromatic N) is 3. The van der Waals surface area contributed by atoms with Crippen molar-refractivity contribution >= 4 is 22.4 Å². The molecule has 0 radical (unpaired) electrons. The summed E-state index contributed by atoms with van der Waals surface area (Å²) in [5, 5.41) is 4.52. The largest absolute Gasteiger partial charge is 0.497 e. The first-order valence-electron chi connectivity index (χ1n) is 11.3. The Morgan fingerprint density at radius 3 is 2.34 bits per heavy atom. The van der Waals surface area contributed by atoms with E-state index >= 15 is 0 Å². The van der Waals surface area contributed by atoms with Crippen LogP contribution < -0.4 is 10.1 Å². The molecule has 2 heterocycles. The van der Waals surface area contributed by atoms with Gasteiger partial charge in [-0.1, -0.05) is 30.7 Å². The van der Waals surface area contributed by atoms with E-state index < -0.39 is 0 Å². The minimum atomic E-state index is 0.690. The molecule has 1 fully saturated rings. The molecular formula is C27H28N4O. The summed E-state index contributed by atoms with van der Waals surface area (Å²) in [6.07, 6.45) is 4.00. The average Bonchev–Trinajstić information content (AvgIpc) is 2.86. The highest BCUT2D eigenvalue weighted by atomic mass is 16.5. The van der Waals surface area contributed by atoms with Gasteiger partial charge in [0.25, 0.3) is 0 Å². The molecule has 5 heteroatoms. The molecule has 0 bridgehead atoms. The number of piperidine rings is 1. The molecule has 1 saturated heterocycles. The van der Waals surface area contributed by atoms with Crippen molar-refractivity contribution in [1.82, 2.24) is 14.9 Å². The molecule has 0 amide bonds. The second kappa shape index (κ2) is 9.37. The molecule has 1 aliphatic rings.